The third-order valence-electron chi connectivity index (χ3n) is 5.21. The normalized spacial score (nSPS) is 11.4. The number of hydrogen-bond donors (Lipinski definition) is 1. The first-order chi connectivity index (χ1) is 16.0. The molecule has 172 valence electrons. The van der Waals surface area contributed by atoms with Gasteiger partial charge in [0.15, 0.2) is 6.61 Å². The molecule has 1 atom stereocenters. The largest absolute Gasteiger partial charge is 0.497 e. The van der Waals surface area contributed by atoms with Gasteiger partial charge in [-0.05, 0) is 47.5 Å². The standard InChI is InChI=1S/C26H27BrN2O4/c1-28-26(31)24(16-19-6-4-3-5-7-19)29(17-20-8-10-21(27)11-9-20)25(30)18-33-23-14-12-22(32-2)13-15-23/h3-15,24H,16-18H2,1-2H3,(H,28,31). The van der Waals surface area contributed by atoms with E-state index in [0.29, 0.717) is 17.9 Å². The molecule has 0 saturated heterocycles. The van der Waals surface area contributed by atoms with Crippen LogP contribution in [0, 0.1) is 0 Å². The first-order valence-corrected chi connectivity index (χ1v) is 11.4. The lowest BCUT2D eigenvalue weighted by Crippen LogP contribution is -2.51. The quantitative estimate of drug-likeness (QED) is 0.443. The van der Waals surface area contributed by atoms with E-state index < -0.39 is 6.04 Å². The van der Waals surface area contributed by atoms with Crippen LogP contribution in [0.1, 0.15) is 11.1 Å². The van der Waals surface area contributed by atoms with Crippen LogP contribution in [-0.4, -0.2) is 43.5 Å². The first kappa shape index (κ1) is 24.3. The van der Waals surface area contributed by atoms with Crippen molar-refractivity contribution in [2.75, 3.05) is 20.8 Å². The van der Waals surface area contributed by atoms with Gasteiger partial charge in [-0.25, -0.2) is 0 Å². The monoisotopic (exact) mass is 510 g/mol. The lowest BCUT2D eigenvalue weighted by atomic mass is 10.0. The van der Waals surface area contributed by atoms with Crippen LogP contribution < -0.4 is 14.8 Å². The summed E-state index contributed by atoms with van der Waals surface area (Å²) in [7, 11) is 3.17. The van der Waals surface area contributed by atoms with Gasteiger partial charge in [0.2, 0.25) is 5.91 Å². The van der Waals surface area contributed by atoms with Gasteiger partial charge in [-0.3, -0.25) is 9.59 Å². The molecule has 6 nitrogen and oxygen atoms in total. The van der Waals surface area contributed by atoms with Crippen LogP contribution >= 0.6 is 15.9 Å². The predicted octanol–water partition coefficient (Wildman–Crippen LogP) is 4.22. The fourth-order valence-corrected chi connectivity index (χ4v) is 3.67. The Bertz CT molecular complexity index is 1040. The number of carbonyl (C=O) groups is 2. The Morgan fingerprint density at radius 2 is 1.55 bits per heavy atom. The Morgan fingerprint density at radius 1 is 0.909 bits per heavy atom. The molecule has 0 heterocycles. The fourth-order valence-electron chi connectivity index (χ4n) is 3.41. The topological polar surface area (TPSA) is 67.9 Å². The van der Waals surface area contributed by atoms with Crippen molar-refractivity contribution in [2.45, 2.75) is 19.0 Å². The van der Waals surface area contributed by atoms with E-state index in [1.165, 1.54) is 0 Å². The van der Waals surface area contributed by atoms with Crippen LogP contribution in [0.4, 0.5) is 0 Å². The van der Waals surface area contributed by atoms with Gasteiger partial charge in [0, 0.05) is 24.5 Å². The SMILES string of the molecule is CNC(=O)C(Cc1ccccc1)N(Cc1ccc(Br)cc1)C(=O)COc1ccc(OC)cc1. The number of carbonyl (C=O) groups excluding carboxylic acids is 2. The highest BCUT2D eigenvalue weighted by molar-refractivity contribution is 9.10. The van der Waals surface area contributed by atoms with Crippen molar-refractivity contribution in [1.29, 1.82) is 0 Å². The first-order valence-electron chi connectivity index (χ1n) is 10.6. The molecule has 1 unspecified atom stereocenters. The van der Waals surface area contributed by atoms with Crippen LogP contribution in [0.3, 0.4) is 0 Å². The van der Waals surface area contributed by atoms with E-state index in [2.05, 4.69) is 21.2 Å². The molecule has 33 heavy (non-hydrogen) atoms. The number of halogens is 1. The number of amides is 2. The lowest BCUT2D eigenvalue weighted by Gasteiger charge is -2.31. The van der Waals surface area contributed by atoms with Crippen molar-refractivity contribution in [2.24, 2.45) is 0 Å². The Labute approximate surface area is 202 Å². The molecule has 0 aliphatic rings. The number of ether oxygens (including phenoxy) is 2. The van der Waals surface area contributed by atoms with E-state index in [0.717, 1.165) is 15.6 Å². The molecule has 0 bridgehead atoms. The number of nitrogens with one attached hydrogen (secondary N) is 1. The molecule has 0 fully saturated rings. The van der Waals surface area contributed by atoms with Gasteiger partial charge in [-0.1, -0.05) is 58.4 Å². The molecular weight excluding hydrogens is 484 g/mol. The summed E-state index contributed by atoms with van der Waals surface area (Å²) in [5.74, 6) is 0.743. The zero-order chi connectivity index (χ0) is 23.6. The van der Waals surface area contributed by atoms with Crippen molar-refractivity contribution in [3.8, 4) is 11.5 Å². The summed E-state index contributed by atoms with van der Waals surface area (Å²) in [5.41, 5.74) is 1.88. The predicted molar refractivity (Wildman–Crippen MR) is 131 cm³/mol. The van der Waals surface area contributed by atoms with Crippen LogP contribution in [0.5, 0.6) is 11.5 Å². The van der Waals surface area contributed by atoms with Gasteiger partial charge in [0.05, 0.1) is 7.11 Å². The molecule has 0 aliphatic heterocycles. The van der Waals surface area contributed by atoms with Crippen molar-refractivity contribution < 1.29 is 19.1 Å². The summed E-state index contributed by atoms with van der Waals surface area (Å²) in [6.45, 7) is 0.0914. The third-order valence-corrected chi connectivity index (χ3v) is 5.73. The average molecular weight is 511 g/mol. The third kappa shape index (κ3) is 7.08. The molecule has 3 aromatic carbocycles. The van der Waals surface area contributed by atoms with Crippen molar-refractivity contribution in [3.05, 3.63) is 94.5 Å². The van der Waals surface area contributed by atoms with E-state index in [9.17, 15) is 9.59 Å². The van der Waals surface area contributed by atoms with Crippen LogP contribution in [0.15, 0.2) is 83.3 Å². The van der Waals surface area contributed by atoms with Crippen molar-refractivity contribution in [3.63, 3.8) is 0 Å². The van der Waals surface area contributed by atoms with Gasteiger partial charge in [-0.2, -0.15) is 0 Å². The minimum atomic E-state index is -0.687. The van der Waals surface area contributed by atoms with Gasteiger partial charge >= 0.3 is 0 Å². The second-order valence-electron chi connectivity index (χ2n) is 7.43. The summed E-state index contributed by atoms with van der Waals surface area (Å²) in [5, 5.41) is 2.71. The van der Waals surface area contributed by atoms with Crippen LogP contribution in [0.25, 0.3) is 0 Å². The Morgan fingerprint density at radius 3 is 2.15 bits per heavy atom. The zero-order valence-corrected chi connectivity index (χ0v) is 20.2. The Balaban J connectivity index is 1.84. The van der Waals surface area contributed by atoms with Crippen LogP contribution in [0.2, 0.25) is 0 Å². The highest BCUT2D eigenvalue weighted by atomic mass is 79.9. The molecule has 0 aromatic heterocycles. The minimum Gasteiger partial charge on any atom is -0.497 e. The minimum absolute atomic E-state index is 0.189. The molecule has 1 N–H and O–H groups in total. The molecule has 7 heteroatoms. The van der Waals surface area contributed by atoms with Gasteiger partial charge in [-0.15, -0.1) is 0 Å². The van der Waals surface area contributed by atoms with Gasteiger partial charge in [0.25, 0.3) is 5.91 Å². The summed E-state index contributed by atoms with van der Waals surface area (Å²) < 4.78 is 11.8. The molecule has 3 rings (SSSR count). The van der Waals surface area contributed by atoms with E-state index in [4.69, 9.17) is 9.47 Å². The highest BCUT2D eigenvalue weighted by Crippen LogP contribution is 2.19. The number of likely N-dealkylation sites (N-methyl/N-ethyl adjacent to an activating group) is 1. The molecule has 3 aromatic rings. The summed E-state index contributed by atoms with van der Waals surface area (Å²) in [6.07, 6.45) is 0.394. The van der Waals surface area contributed by atoms with Gasteiger partial charge < -0.3 is 19.7 Å². The number of nitrogens with zero attached hydrogens (tertiary/aromatic N) is 1. The molecule has 0 aliphatic carbocycles. The average Bonchev–Trinajstić information content (AvgIpc) is 2.86. The Hall–Kier alpha value is -3.32. The second kappa shape index (κ2) is 12.1. The van der Waals surface area contributed by atoms with E-state index in [-0.39, 0.29) is 25.0 Å². The number of methoxy groups -OCH3 is 1. The number of hydrogen-bond acceptors (Lipinski definition) is 4. The van der Waals surface area contributed by atoms with Crippen LogP contribution in [-0.2, 0) is 22.6 Å². The lowest BCUT2D eigenvalue weighted by molar-refractivity contribution is -0.142. The van der Waals surface area contributed by atoms with Gasteiger partial charge in [0.1, 0.15) is 17.5 Å². The summed E-state index contributed by atoms with van der Waals surface area (Å²) >= 11 is 3.44. The van der Waals surface area contributed by atoms with Crippen molar-refractivity contribution >= 4 is 27.7 Å². The summed E-state index contributed by atoms with van der Waals surface area (Å²) in [6, 6.07) is 23.7. The second-order valence-corrected chi connectivity index (χ2v) is 8.35. The van der Waals surface area contributed by atoms with Crippen molar-refractivity contribution in [1.82, 2.24) is 10.2 Å². The smallest absolute Gasteiger partial charge is 0.261 e. The highest BCUT2D eigenvalue weighted by Gasteiger charge is 2.30. The number of benzene rings is 3. The van der Waals surface area contributed by atoms with E-state index in [1.807, 2.05) is 54.6 Å². The number of rotatable bonds is 10. The fraction of sp³-hybridized carbons (Fsp3) is 0.231. The maximum Gasteiger partial charge on any atom is 0.261 e. The molecule has 0 radical (unpaired) electrons. The Kier molecular flexibility index (Phi) is 8.89. The zero-order valence-electron chi connectivity index (χ0n) is 18.7. The molecular formula is C26H27BrN2O4. The maximum atomic E-state index is 13.3. The maximum absolute atomic E-state index is 13.3. The molecule has 2 amide bonds. The molecule has 0 spiro atoms. The molecule has 0 saturated carbocycles. The summed E-state index contributed by atoms with van der Waals surface area (Å²) in [4.78, 5) is 27.8. The van der Waals surface area contributed by atoms with E-state index in [1.54, 1.807) is 43.3 Å². The van der Waals surface area contributed by atoms with E-state index >= 15 is 0 Å².